The van der Waals surface area contributed by atoms with E-state index in [1.807, 2.05) is 12.1 Å². The molecule has 0 atom stereocenters. The van der Waals surface area contributed by atoms with Gasteiger partial charge in [0.05, 0.1) is 7.11 Å². The van der Waals surface area contributed by atoms with Crippen LogP contribution in [-0.4, -0.2) is 56.3 Å². The number of likely N-dealkylation sites (tertiary alicyclic amines) is 1. The molecular formula is C25H34N4O2. The fourth-order valence-electron chi connectivity index (χ4n) is 4.56. The molecule has 0 saturated carbocycles. The van der Waals surface area contributed by atoms with E-state index >= 15 is 0 Å². The summed E-state index contributed by atoms with van der Waals surface area (Å²) < 4.78 is 5.24. The number of amides is 2. The van der Waals surface area contributed by atoms with Gasteiger partial charge in [-0.15, -0.1) is 0 Å². The Morgan fingerprint density at radius 3 is 2.03 bits per heavy atom. The van der Waals surface area contributed by atoms with E-state index in [4.69, 9.17) is 4.74 Å². The third-order valence-electron chi connectivity index (χ3n) is 6.44. The van der Waals surface area contributed by atoms with Crippen LogP contribution in [0.2, 0.25) is 0 Å². The van der Waals surface area contributed by atoms with Gasteiger partial charge in [-0.2, -0.15) is 0 Å². The maximum Gasteiger partial charge on any atom is 0.315 e. The van der Waals surface area contributed by atoms with E-state index in [1.54, 1.807) is 7.11 Å². The second-order valence-corrected chi connectivity index (χ2v) is 8.61. The molecule has 2 aromatic rings. The molecule has 0 spiro atoms. The number of anilines is 1. The number of rotatable bonds is 6. The van der Waals surface area contributed by atoms with Crippen molar-refractivity contribution in [2.45, 2.75) is 44.3 Å². The molecule has 4 rings (SSSR count). The van der Waals surface area contributed by atoms with Crippen LogP contribution in [0.25, 0.3) is 0 Å². The van der Waals surface area contributed by atoms with Crippen molar-refractivity contribution in [2.75, 3.05) is 38.2 Å². The highest BCUT2D eigenvalue weighted by Gasteiger charge is 2.24. The van der Waals surface area contributed by atoms with Gasteiger partial charge >= 0.3 is 6.03 Å². The zero-order valence-electron chi connectivity index (χ0n) is 18.4. The molecule has 6 nitrogen and oxygen atoms in total. The van der Waals surface area contributed by atoms with Crippen LogP contribution in [0.5, 0.6) is 5.75 Å². The van der Waals surface area contributed by atoms with Gasteiger partial charge in [-0.1, -0.05) is 30.3 Å². The van der Waals surface area contributed by atoms with Crippen molar-refractivity contribution in [3.8, 4) is 5.75 Å². The molecule has 2 heterocycles. The second kappa shape index (κ2) is 10.5. The molecule has 2 aliphatic rings. The summed E-state index contributed by atoms with van der Waals surface area (Å²) in [5, 5.41) is 6.40. The van der Waals surface area contributed by atoms with E-state index in [0.29, 0.717) is 0 Å². The largest absolute Gasteiger partial charge is 0.497 e. The highest BCUT2D eigenvalue weighted by atomic mass is 16.5. The molecule has 0 unspecified atom stereocenters. The van der Waals surface area contributed by atoms with Crippen molar-refractivity contribution in [1.82, 2.24) is 15.5 Å². The van der Waals surface area contributed by atoms with Gasteiger partial charge in [0, 0.05) is 50.5 Å². The quantitative estimate of drug-likeness (QED) is 0.747. The Labute approximate surface area is 185 Å². The van der Waals surface area contributed by atoms with E-state index in [1.165, 1.54) is 11.3 Å². The minimum Gasteiger partial charge on any atom is -0.497 e. The summed E-state index contributed by atoms with van der Waals surface area (Å²) >= 11 is 0. The smallest absolute Gasteiger partial charge is 0.315 e. The maximum atomic E-state index is 12.5. The highest BCUT2D eigenvalue weighted by Crippen LogP contribution is 2.23. The number of nitrogens with one attached hydrogen (secondary N) is 2. The minimum absolute atomic E-state index is 0.00981. The lowest BCUT2D eigenvalue weighted by Gasteiger charge is -2.35. The minimum atomic E-state index is -0.00981. The fourth-order valence-corrected chi connectivity index (χ4v) is 4.56. The number of carbonyl (C=O) groups excluding carboxylic acids is 1. The van der Waals surface area contributed by atoms with Crippen LogP contribution >= 0.6 is 0 Å². The summed E-state index contributed by atoms with van der Waals surface area (Å²) in [6, 6.07) is 19.3. The number of urea groups is 1. The number of carbonyl (C=O) groups is 1. The van der Waals surface area contributed by atoms with E-state index in [2.05, 4.69) is 62.9 Å². The Balaban J connectivity index is 1.15. The second-order valence-electron chi connectivity index (χ2n) is 8.61. The van der Waals surface area contributed by atoms with Crippen molar-refractivity contribution < 1.29 is 9.53 Å². The normalized spacial score (nSPS) is 18.5. The van der Waals surface area contributed by atoms with Crippen LogP contribution in [-0.2, 0) is 6.54 Å². The topological polar surface area (TPSA) is 56.8 Å². The zero-order chi connectivity index (χ0) is 21.5. The summed E-state index contributed by atoms with van der Waals surface area (Å²) in [6.07, 6.45) is 3.95. The first-order chi connectivity index (χ1) is 15.2. The first-order valence-electron chi connectivity index (χ1n) is 11.4. The summed E-state index contributed by atoms with van der Waals surface area (Å²) in [4.78, 5) is 17.4. The molecule has 0 aliphatic carbocycles. The Morgan fingerprint density at radius 2 is 1.45 bits per heavy atom. The number of nitrogens with zero attached hydrogens (tertiary/aromatic N) is 2. The van der Waals surface area contributed by atoms with Crippen molar-refractivity contribution in [3.05, 3.63) is 60.2 Å². The number of ether oxygens (including phenoxy) is 1. The Kier molecular flexibility index (Phi) is 7.30. The highest BCUT2D eigenvalue weighted by molar-refractivity contribution is 5.74. The van der Waals surface area contributed by atoms with Gasteiger partial charge < -0.3 is 20.3 Å². The Hall–Kier alpha value is -2.73. The third kappa shape index (κ3) is 6.14. The molecule has 0 radical (unpaired) electrons. The lowest BCUT2D eigenvalue weighted by atomic mass is 10.0. The van der Waals surface area contributed by atoms with Crippen LogP contribution in [0.4, 0.5) is 10.5 Å². The molecule has 2 N–H and O–H groups in total. The number of benzene rings is 2. The van der Waals surface area contributed by atoms with E-state index < -0.39 is 0 Å². The van der Waals surface area contributed by atoms with E-state index in [0.717, 1.165) is 64.2 Å². The molecule has 0 aromatic heterocycles. The molecule has 6 heteroatoms. The van der Waals surface area contributed by atoms with E-state index in [-0.39, 0.29) is 18.1 Å². The molecule has 31 heavy (non-hydrogen) atoms. The standard InChI is InChI=1S/C25H34N4O2/c1-31-24-9-7-23(8-10-24)29-17-13-22(14-18-29)27-25(30)26-21-11-15-28(16-12-21)19-20-5-3-2-4-6-20/h2-10,21-22H,11-19H2,1H3,(H2,26,27,30). The van der Waals surface area contributed by atoms with Gasteiger partial charge in [0.1, 0.15) is 5.75 Å². The van der Waals surface area contributed by atoms with Gasteiger partial charge in [-0.3, -0.25) is 4.90 Å². The van der Waals surface area contributed by atoms with Crippen molar-refractivity contribution in [2.24, 2.45) is 0 Å². The van der Waals surface area contributed by atoms with Crippen molar-refractivity contribution in [3.63, 3.8) is 0 Å². The number of methoxy groups -OCH3 is 1. The monoisotopic (exact) mass is 422 g/mol. The summed E-state index contributed by atoms with van der Waals surface area (Å²) in [5.41, 5.74) is 2.57. The van der Waals surface area contributed by atoms with Gasteiger partial charge in [0.25, 0.3) is 0 Å². The lowest BCUT2D eigenvalue weighted by molar-refractivity contribution is 0.185. The number of piperidine rings is 2. The van der Waals surface area contributed by atoms with Gasteiger partial charge in [0.2, 0.25) is 0 Å². The maximum absolute atomic E-state index is 12.5. The van der Waals surface area contributed by atoms with Gasteiger partial charge in [-0.05, 0) is 55.5 Å². The molecule has 2 aromatic carbocycles. The summed E-state index contributed by atoms with van der Waals surface area (Å²) in [7, 11) is 1.69. The average Bonchev–Trinajstić information content (AvgIpc) is 2.82. The number of hydrogen-bond donors (Lipinski definition) is 2. The average molecular weight is 423 g/mol. The predicted molar refractivity (Wildman–Crippen MR) is 125 cm³/mol. The van der Waals surface area contributed by atoms with Crippen molar-refractivity contribution in [1.29, 1.82) is 0 Å². The van der Waals surface area contributed by atoms with Gasteiger partial charge in [-0.25, -0.2) is 4.79 Å². The van der Waals surface area contributed by atoms with Crippen LogP contribution < -0.4 is 20.3 Å². The predicted octanol–water partition coefficient (Wildman–Crippen LogP) is 3.63. The van der Waals surface area contributed by atoms with Gasteiger partial charge in [0.15, 0.2) is 0 Å². The molecular weight excluding hydrogens is 388 g/mol. The van der Waals surface area contributed by atoms with Crippen LogP contribution in [0.3, 0.4) is 0 Å². The number of hydrogen-bond acceptors (Lipinski definition) is 4. The van der Waals surface area contributed by atoms with Crippen molar-refractivity contribution >= 4 is 11.7 Å². The molecule has 166 valence electrons. The molecule has 2 amide bonds. The first kappa shape index (κ1) is 21.5. The SMILES string of the molecule is COc1ccc(N2CCC(NC(=O)NC3CCN(Cc4ccccc4)CC3)CC2)cc1. The molecule has 2 fully saturated rings. The zero-order valence-corrected chi connectivity index (χ0v) is 18.4. The molecule has 2 saturated heterocycles. The summed E-state index contributed by atoms with van der Waals surface area (Å²) in [5.74, 6) is 0.878. The lowest BCUT2D eigenvalue weighted by Crippen LogP contribution is -2.52. The Morgan fingerprint density at radius 1 is 0.871 bits per heavy atom. The third-order valence-corrected chi connectivity index (χ3v) is 6.44. The van der Waals surface area contributed by atoms with E-state index in [9.17, 15) is 4.79 Å². The van der Waals surface area contributed by atoms with Crippen LogP contribution in [0, 0.1) is 0 Å². The molecule has 0 bridgehead atoms. The van der Waals surface area contributed by atoms with Crippen LogP contribution in [0.1, 0.15) is 31.2 Å². The molecule has 2 aliphatic heterocycles. The summed E-state index contributed by atoms with van der Waals surface area (Å²) in [6.45, 7) is 4.96. The first-order valence-corrected chi connectivity index (χ1v) is 11.4. The fraction of sp³-hybridized carbons (Fsp3) is 0.480. The van der Waals surface area contributed by atoms with Crippen LogP contribution in [0.15, 0.2) is 54.6 Å². The Bertz CT molecular complexity index is 811.